The summed E-state index contributed by atoms with van der Waals surface area (Å²) in [6.07, 6.45) is 0.288. The molecule has 0 fully saturated rings. The molecule has 1 aromatic carbocycles. The van der Waals surface area contributed by atoms with Crippen LogP contribution in [0.1, 0.15) is 19.4 Å². The van der Waals surface area contributed by atoms with Crippen LogP contribution in [0, 0.1) is 0 Å². The molecule has 15 heavy (non-hydrogen) atoms. The molecule has 0 amide bonds. The van der Waals surface area contributed by atoms with Crippen molar-refractivity contribution in [2.24, 2.45) is 0 Å². The van der Waals surface area contributed by atoms with Gasteiger partial charge in [0.2, 0.25) is 0 Å². The second kappa shape index (κ2) is 5.61. The number of aliphatic hydroxyl groups is 1. The minimum absolute atomic E-state index is 0.340. The van der Waals surface area contributed by atoms with E-state index in [9.17, 15) is 5.11 Å². The van der Waals surface area contributed by atoms with Gasteiger partial charge in [-0.25, -0.2) is 0 Å². The van der Waals surface area contributed by atoms with Crippen LogP contribution in [0.15, 0.2) is 18.2 Å². The van der Waals surface area contributed by atoms with Crippen molar-refractivity contribution < 1.29 is 14.6 Å². The third-order valence-electron chi connectivity index (χ3n) is 2.06. The summed E-state index contributed by atoms with van der Waals surface area (Å²) < 4.78 is 10.6. The molecule has 3 nitrogen and oxygen atoms in total. The molecule has 0 heterocycles. The molecule has 84 valence electrons. The summed E-state index contributed by atoms with van der Waals surface area (Å²) in [7, 11) is 1.62. The Labute approximate surface area is 90.6 Å². The SMILES string of the molecule is CCOc1ccc(C[C@H](C)O)cc1OC. The fourth-order valence-electron chi connectivity index (χ4n) is 1.45. The molecular weight excluding hydrogens is 192 g/mol. The zero-order valence-electron chi connectivity index (χ0n) is 9.49. The van der Waals surface area contributed by atoms with Crippen molar-refractivity contribution in [1.82, 2.24) is 0 Å². The van der Waals surface area contributed by atoms with Crippen molar-refractivity contribution >= 4 is 0 Å². The van der Waals surface area contributed by atoms with Crippen LogP contribution >= 0.6 is 0 Å². The second-order valence-electron chi connectivity index (χ2n) is 3.47. The van der Waals surface area contributed by atoms with E-state index in [0.29, 0.717) is 13.0 Å². The van der Waals surface area contributed by atoms with Gasteiger partial charge in [-0.1, -0.05) is 6.07 Å². The highest BCUT2D eigenvalue weighted by Crippen LogP contribution is 2.28. The number of rotatable bonds is 5. The molecule has 0 aliphatic carbocycles. The predicted octanol–water partition coefficient (Wildman–Crippen LogP) is 2.02. The lowest BCUT2D eigenvalue weighted by molar-refractivity contribution is 0.195. The number of benzene rings is 1. The molecule has 0 radical (unpaired) electrons. The smallest absolute Gasteiger partial charge is 0.161 e. The fraction of sp³-hybridized carbons (Fsp3) is 0.500. The largest absolute Gasteiger partial charge is 0.493 e. The fourth-order valence-corrected chi connectivity index (χ4v) is 1.45. The maximum Gasteiger partial charge on any atom is 0.161 e. The standard InChI is InChI=1S/C12H18O3/c1-4-15-11-6-5-10(7-9(2)13)8-12(11)14-3/h5-6,8-9,13H,4,7H2,1-3H3/t9-/m0/s1. The molecule has 0 unspecified atom stereocenters. The lowest BCUT2D eigenvalue weighted by Crippen LogP contribution is -2.04. The molecular formula is C12H18O3. The zero-order valence-corrected chi connectivity index (χ0v) is 9.49. The number of methoxy groups -OCH3 is 1. The molecule has 0 aromatic heterocycles. The Balaban J connectivity index is 2.86. The lowest BCUT2D eigenvalue weighted by atomic mass is 10.1. The van der Waals surface area contributed by atoms with Gasteiger partial charge in [-0.3, -0.25) is 0 Å². The minimum atomic E-state index is -0.340. The van der Waals surface area contributed by atoms with Gasteiger partial charge in [0.15, 0.2) is 11.5 Å². The summed E-state index contributed by atoms with van der Waals surface area (Å²) in [4.78, 5) is 0. The van der Waals surface area contributed by atoms with Crippen molar-refractivity contribution in [3.63, 3.8) is 0 Å². The van der Waals surface area contributed by atoms with Gasteiger partial charge in [0.1, 0.15) is 0 Å². The van der Waals surface area contributed by atoms with E-state index in [0.717, 1.165) is 17.1 Å². The first kappa shape index (κ1) is 11.9. The number of aliphatic hydroxyl groups excluding tert-OH is 1. The third kappa shape index (κ3) is 3.44. The van der Waals surface area contributed by atoms with Crippen LogP contribution in [0.4, 0.5) is 0 Å². The maximum atomic E-state index is 9.27. The second-order valence-corrected chi connectivity index (χ2v) is 3.47. The van der Waals surface area contributed by atoms with Crippen molar-refractivity contribution in [2.45, 2.75) is 26.4 Å². The monoisotopic (exact) mass is 210 g/mol. The summed E-state index contributed by atoms with van der Waals surface area (Å²) in [5, 5.41) is 9.27. The molecule has 0 aliphatic heterocycles. The van der Waals surface area contributed by atoms with Gasteiger partial charge in [0.05, 0.1) is 19.8 Å². The molecule has 0 saturated carbocycles. The number of ether oxygens (including phenoxy) is 2. The van der Waals surface area contributed by atoms with Gasteiger partial charge in [-0.05, 0) is 38.0 Å². The molecule has 0 bridgehead atoms. The average molecular weight is 210 g/mol. The van der Waals surface area contributed by atoms with E-state index in [4.69, 9.17) is 9.47 Å². The van der Waals surface area contributed by atoms with Gasteiger partial charge < -0.3 is 14.6 Å². The van der Waals surface area contributed by atoms with E-state index in [1.165, 1.54) is 0 Å². The normalized spacial score (nSPS) is 12.3. The van der Waals surface area contributed by atoms with E-state index in [-0.39, 0.29) is 6.10 Å². The summed E-state index contributed by atoms with van der Waals surface area (Å²) >= 11 is 0. The minimum Gasteiger partial charge on any atom is -0.493 e. The number of hydrogen-bond donors (Lipinski definition) is 1. The van der Waals surface area contributed by atoms with Gasteiger partial charge in [0.25, 0.3) is 0 Å². The topological polar surface area (TPSA) is 38.7 Å². The van der Waals surface area contributed by atoms with E-state index < -0.39 is 0 Å². The van der Waals surface area contributed by atoms with Crippen molar-refractivity contribution in [3.05, 3.63) is 23.8 Å². The summed E-state index contributed by atoms with van der Waals surface area (Å²) in [5.74, 6) is 1.46. The van der Waals surface area contributed by atoms with Crippen LogP contribution in [0.25, 0.3) is 0 Å². The highest BCUT2D eigenvalue weighted by molar-refractivity contribution is 5.43. The molecule has 1 atom stereocenters. The van der Waals surface area contributed by atoms with Crippen LogP contribution in [0.5, 0.6) is 11.5 Å². The van der Waals surface area contributed by atoms with Crippen molar-refractivity contribution in [3.8, 4) is 11.5 Å². The first-order valence-electron chi connectivity index (χ1n) is 5.15. The quantitative estimate of drug-likeness (QED) is 0.808. The van der Waals surface area contributed by atoms with Crippen LogP contribution in [-0.4, -0.2) is 24.9 Å². The van der Waals surface area contributed by atoms with Gasteiger partial charge in [0, 0.05) is 0 Å². The van der Waals surface area contributed by atoms with E-state index in [1.807, 2.05) is 25.1 Å². The number of hydrogen-bond acceptors (Lipinski definition) is 3. The highest BCUT2D eigenvalue weighted by atomic mass is 16.5. The molecule has 1 aromatic rings. The maximum absolute atomic E-state index is 9.27. The first-order chi connectivity index (χ1) is 7.17. The summed E-state index contributed by atoms with van der Waals surface area (Å²) in [6.45, 7) is 4.32. The Morgan fingerprint density at radius 1 is 1.33 bits per heavy atom. The van der Waals surface area contributed by atoms with E-state index in [1.54, 1.807) is 14.0 Å². The van der Waals surface area contributed by atoms with Crippen molar-refractivity contribution in [2.75, 3.05) is 13.7 Å². The Kier molecular flexibility index (Phi) is 4.43. The Bertz CT molecular complexity index is 308. The van der Waals surface area contributed by atoms with Crippen LogP contribution in [0.2, 0.25) is 0 Å². The first-order valence-corrected chi connectivity index (χ1v) is 5.15. The zero-order chi connectivity index (χ0) is 11.3. The van der Waals surface area contributed by atoms with Gasteiger partial charge >= 0.3 is 0 Å². The van der Waals surface area contributed by atoms with E-state index >= 15 is 0 Å². The molecule has 0 aliphatic rings. The van der Waals surface area contributed by atoms with Gasteiger partial charge in [-0.15, -0.1) is 0 Å². The Morgan fingerprint density at radius 3 is 2.60 bits per heavy atom. The predicted molar refractivity (Wildman–Crippen MR) is 59.5 cm³/mol. The highest BCUT2D eigenvalue weighted by Gasteiger charge is 2.06. The molecule has 1 N–H and O–H groups in total. The van der Waals surface area contributed by atoms with E-state index in [2.05, 4.69) is 0 Å². The Morgan fingerprint density at radius 2 is 2.07 bits per heavy atom. The molecule has 0 spiro atoms. The van der Waals surface area contributed by atoms with Crippen LogP contribution in [0.3, 0.4) is 0 Å². The van der Waals surface area contributed by atoms with Gasteiger partial charge in [-0.2, -0.15) is 0 Å². The summed E-state index contributed by atoms with van der Waals surface area (Å²) in [5.41, 5.74) is 1.05. The lowest BCUT2D eigenvalue weighted by Gasteiger charge is -2.11. The summed E-state index contributed by atoms with van der Waals surface area (Å²) in [6, 6.07) is 5.72. The molecule has 1 rings (SSSR count). The van der Waals surface area contributed by atoms with Crippen LogP contribution in [-0.2, 0) is 6.42 Å². The van der Waals surface area contributed by atoms with Crippen LogP contribution < -0.4 is 9.47 Å². The molecule has 3 heteroatoms. The Hall–Kier alpha value is -1.22. The average Bonchev–Trinajstić information content (AvgIpc) is 2.20. The third-order valence-corrected chi connectivity index (χ3v) is 2.06. The molecule has 0 saturated heterocycles. The van der Waals surface area contributed by atoms with Crippen molar-refractivity contribution in [1.29, 1.82) is 0 Å².